The minimum absolute atomic E-state index is 0.493. The number of hydrogen-bond donors (Lipinski definition) is 1. The van der Waals surface area contributed by atoms with Crippen LogP contribution in [-0.2, 0) is 0 Å². The van der Waals surface area contributed by atoms with Gasteiger partial charge in [0.15, 0.2) is 0 Å². The van der Waals surface area contributed by atoms with Crippen LogP contribution in [0.15, 0.2) is 0 Å². The Balaban J connectivity index is 2.58. The second kappa shape index (κ2) is 5.16. The molecule has 0 bridgehead atoms. The molecule has 0 spiro atoms. The predicted octanol–water partition coefficient (Wildman–Crippen LogP) is 3.58. The third-order valence-corrected chi connectivity index (χ3v) is 3.89. The van der Waals surface area contributed by atoms with Crippen molar-refractivity contribution in [2.24, 2.45) is 23.0 Å². The fourth-order valence-corrected chi connectivity index (χ4v) is 3.25. The molecule has 0 aromatic carbocycles. The molecule has 0 aromatic heterocycles. The fraction of sp³-hybridized carbons (Fsp3) is 1.00. The summed E-state index contributed by atoms with van der Waals surface area (Å²) in [5, 5.41) is 0. The minimum atomic E-state index is 0.493. The topological polar surface area (TPSA) is 26.0 Å². The first-order valence-corrected chi connectivity index (χ1v) is 6.32. The Kier molecular flexibility index (Phi) is 4.43. The summed E-state index contributed by atoms with van der Waals surface area (Å²) >= 11 is 0. The molecule has 1 heteroatoms. The third-order valence-electron chi connectivity index (χ3n) is 3.89. The van der Waals surface area contributed by atoms with E-state index in [1.165, 1.54) is 38.5 Å². The second-order valence-electron chi connectivity index (χ2n) is 5.67. The highest BCUT2D eigenvalue weighted by atomic mass is 14.6. The van der Waals surface area contributed by atoms with Crippen LogP contribution in [0.4, 0.5) is 0 Å². The van der Waals surface area contributed by atoms with Gasteiger partial charge in [0, 0.05) is 0 Å². The Hall–Kier alpha value is -0.0400. The number of nitrogens with two attached hydrogens (primary N) is 1. The third kappa shape index (κ3) is 2.98. The Morgan fingerprint density at radius 2 is 2.14 bits per heavy atom. The van der Waals surface area contributed by atoms with Gasteiger partial charge in [0.05, 0.1) is 0 Å². The largest absolute Gasteiger partial charge is 0.330 e. The molecule has 1 rings (SSSR count). The summed E-state index contributed by atoms with van der Waals surface area (Å²) in [4.78, 5) is 0. The smallest absolute Gasteiger partial charge is 0.00203 e. The summed E-state index contributed by atoms with van der Waals surface area (Å²) < 4.78 is 0. The van der Waals surface area contributed by atoms with Gasteiger partial charge in [0.2, 0.25) is 0 Å². The van der Waals surface area contributed by atoms with Crippen LogP contribution in [0.5, 0.6) is 0 Å². The van der Waals surface area contributed by atoms with Gasteiger partial charge < -0.3 is 5.73 Å². The Bertz CT molecular complexity index is 165. The van der Waals surface area contributed by atoms with Gasteiger partial charge in [-0.2, -0.15) is 0 Å². The van der Waals surface area contributed by atoms with Crippen LogP contribution in [0.3, 0.4) is 0 Å². The summed E-state index contributed by atoms with van der Waals surface area (Å²) in [5.74, 6) is 1.75. The zero-order valence-electron chi connectivity index (χ0n) is 10.2. The maximum atomic E-state index is 6.00. The summed E-state index contributed by atoms with van der Waals surface area (Å²) in [6.45, 7) is 7.88. The van der Waals surface area contributed by atoms with Crippen molar-refractivity contribution < 1.29 is 0 Å². The molecule has 1 saturated carbocycles. The molecule has 1 aliphatic rings. The van der Waals surface area contributed by atoms with E-state index >= 15 is 0 Å². The first-order chi connectivity index (χ1) is 6.62. The van der Waals surface area contributed by atoms with E-state index in [0.29, 0.717) is 5.41 Å². The summed E-state index contributed by atoms with van der Waals surface area (Å²) in [6.07, 6.45) is 8.29. The minimum Gasteiger partial charge on any atom is -0.330 e. The van der Waals surface area contributed by atoms with Crippen molar-refractivity contribution in [1.29, 1.82) is 0 Å². The molecule has 0 amide bonds. The zero-order valence-corrected chi connectivity index (χ0v) is 10.2. The van der Waals surface area contributed by atoms with Crippen molar-refractivity contribution in [1.82, 2.24) is 0 Å². The Morgan fingerprint density at radius 1 is 1.43 bits per heavy atom. The van der Waals surface area contributed by atoms with E-state index in [-0.39, 0.29) is 0 Å². The molecule has 0 radical (unpaired) electrons. The Labute approximate surface area is 89.5 Å². The average molecular weight is 197 g/mol. The van der Waals surface area contributed by atoms with Crippen LogP contribution in [0.25, 0.3) is 0 Å². The maximum Gasteiger partial charge on any atom is -0.00203 e. The molecule has 0 saturated heterocycles. The normalized spacial score (nSPS) is 33.6. The fourth-order valence-electron chi connectivity index (χ4n) is 3.25. The molecule has 1 fully saturated rings. The van der Waals surface area contributed by atoms with Crippen LogP contribution in [-0.4, -0.2) is 6.54 Å². The number of rotatable bonds is 4. The maximum absolute atomic E-state index is 6.00. The first-order valence-electron chi connectivity index (χ1n) is 6.32. The molecular weight excluding hydrogens is 170 g/mol. The van der Waals surface area contributed by atoms with Crippen LogP contribution < -0.4 is 5.73 Å². The molecule has 0 aromatic rings. The van der Waals surface area contributed by atoms with Crippen LogP contribution in [0.2, 0.25) is 0 Å². The summed E-state index contributed by atoms with van der Waals surface area (Å²) in [7, 11) is 0. The van der Waals surface area contributed by atoms with E-state index in [1.54, 1.807) is 0 Å². The standard InChI is InChI=1S/C13H27N/c1-4-12-6-5-7-13(9-12,10-14)8-11(2)3/h11-12H,4-10,14H2,1-3H3. The summed E-state index contributed by atoms with van der Waals surface area (Å²) in [6, 6.07) is 0. The van der Waals surface area contributed by atoms with Gasteiger partial charge in [-0.15, -0.1) is 0 Å². The van der Waals surface area contributed by atoms with Gasteiger partial charge >= 0.3 is 0 Å². The molecule has 1 nitrogen and oxygen atoms in total. The van der Waals surface area contributed by atoms with E-state index in [4.69, 9.17) is 5.73 Å². The lowest BCUT2D eigenvalue weighted by Gasteiger charge is -2.41. The molecule has 2 unspecified atom stereocenters. The molecular formula is C13H27N. The molecule has 2 atom stereocenters. The van der Waals surface area contributed by atoms with E-state index in [1.807, 2.05) is 0 Å². The van der Waals surface area contributed by atoms with Crippen molar-refractivity contribution in [3.63, 3.8) is 0 Å². The highest BCUT2D eigenvalue weighted by Crippen LogP contribution is 2.43. The second-order valence-corrected chi connectivity index (χ2v) is 5.67. The van der Waals surface area contributed by atoms with Crippen molar-refractivity contribution in [2.75, 3.05) is 6.54 Å². The monoisotopic (exact) mass is 197 g/mol. The van der Waals surface area contributed by atoms with E-state index in [2.05, 4.69) is 20.8 Å². The van der Waals surface area contributed by atoms with Gasteiger partial charge in [0.25, 0.3) is 0 Å². The van der Waals surface area contributed by atoms with Crippen molar-refractivity contribution in [2.45, 2.75) is 59.3 Å². The van der Waals surface area contributed by atoms with E-state index < -0.39 is 0 Å². The molecule has 0 heterocycles. The zero-order chi connectivity index (χ0) is 10.6. The highest BCUT2D eigenvalue weighted by molar-refractivity contribution is 4.87. The van der Waals surface area contributed by atoms with Crippen LogP contribution in [0.1, 0.15) is 59.3 Å². The van der Waals surface area contributed by atoms with Crippen molar-refractivity contribution in [3.8, 4) is 0 Å². The van der Waals surface area contributed by atoms with Crippen LogP contribution in [0, 0.1) is 17.3 Å². The lowest BCUT2D eigenvalue weighted by Crippen LogP contribution is -2.37. The first kappa shape index (κ1) is 12.0. The SMILES string of the molecule is CCC1CCCC(CN)(CC(C)C)C1. The van der Waals surface area contributed by atoms with Crippen molar-refractivity contribution >= 4 is 0 Å². The molecule has 2 N–H and O–H groups in total. The lowest BCUT2D eigenvalue weighted by atomic mass is 9.65. The predicted molar refractivity (Wildman–Crippen MR) is 63.2 cm³/mol. The highest BCUT2D eigenvalue weighted by Gasteiger charge is 2.34. The average Bonchev–Trinajstić information content (AvgIpc) is 2.17. The quantitative estimate of drug-likeness (QED) is 0.732. The van der Waals surface area contributed by atoms with Gasteiger partial charge in [-0.05, 0) is 43.1 Å². The molecule has 14 heavy (non-hydrogen) atoms. The van der Waals surface area contributed by atoms with Gasteiger partial charge in [-0.25, -0.2) is 0 Å². The van der Waals surface area contributed by atoms with Gasteiger partial charge in [-0.3, -0.25) is 0 Å². The molecule has 84 valence electrons. The van der Waals surface area contributed by atoms with E-state index in [0.717, 1.165) is 18.4 Å². The molecule has 1 aliphatic carbocycles. The summed E-state index contributed by atoms with van der Waals surface area (Å²) in [5.41, 5.74) is 6.50. The number of hydrogen-bond acceptors (Lipinski definition) is 1. The van der Waals surface area contributed by atoms with Crippen LogP contribution >= 0.6 is 0 Å². The van der Waals surface area contributed by atoms with Crippen molar-refractivity contribution in [3.05, 3.63) is 0 Å². The van der Waals surface area contributed by atoms with E-state index in [9.17, 15) is 0 Å². The van der Waals surface area contributed by atoms with Gasteiger partial charge in [0.1, 0.15) is 0 Å². The molecule has 0 aliphatic heterocycles. The van der Waals surface area contributed by atoms with Gasteiger partial charge in [-0.1, -0.05) is 40.0 Å². The lowest BCUT2D eigenvalue weighted by molar-refractivity contribution is 0.115. The Morgan fingerprint density at radius 3 is 2.64 bits per heavy atom.